The SMILES string of the molecule is Cc1cc(C(=O)N2CCC3(COCc4c(C)nc(N(C)C)nc43)C2)no1. The average Bonchev–Trinajstić information content (AvgIpc) is 3.22. The fourth-order valence-electron chi connectivity index (χ4n) is 3.80. The molecule has 0 N–H and O–H groups in total. The van der Waals surface area contributed by atoms with Gasteiger partial charge in [-0.05, 0) is 20.3 Å². The quantitative estimate of drug-likeness (QED) is 0.804. The molecular formula is C18H23N5O3. The molecule has 1 fully saturated rings. The lowest BCUT2D eigenvalue weighted by molar-refractivity contribution is 0.0479. The van der Waals surface area contributed by atoms with Crippen LogP contribution in [0.15, 0.2) is 10.6 Å². The van der Waals surface area contributed by atoms with Crippen LogP contribution < -0.4 is 4.90 Å². The number of anilines is 1. The number of nitrogens with zero attached hydrogens (tertiary/aromatic N) is 5. The summed E-state index contributed by atoms with van der Waals surface area (Å²) in [7, 11) is 3.87. The van der Waals surface area contributed by atoms with Crippen molar-refractivity contribution in [3.05, 3.63) is 34.5 Å². The van der Waals surface area contributed by atoms with E-state index in [0.29, 0.717) is 43.7 Å². The van der Waals surface area contributed by atoms with Gasteiger partial charge in [-0.25, -0.2) is 9.97 Å². The van der Waals surface area contributed by atoms with Gasteiger partial charge in [0.1, 0.15) is 5.76 Å². The fourth-order valence-corrected chi connectivity index (χ4v) is 3.80. The molecule has 0 radical (unpaired) electrons. The molecule has 1 atom stereocenters. The second-order valence-electron chi connectivity index (χ2n) is 7.40. The van der Waals surface area contributed by atoms with Gasteiger partial charge in [-0.15, -0.1) is 0 Å². The Morgan fingerprint density at radius 2 is 2.12 bits per heavy atom. The van der Waals surface area contributed by atoms with E-state index in [0.717, 1.165) is 23.4 Å². The van der Waals surface area contributed by atoms with Gasteiger partial charge in [0, 0.05) is 44.5 Å². The number of carbonyl (C=O) groups is 1. The second-order valence-corrected chi connectivity index (χ2v) is 7.40. The minimum Gasteiger partial charge on any atom is -0.376 e. The molecule has 1 spiro atoms. The van der Waals surface area contributed by atoms with Crippen LogP contribution in [-0.4, -0.2) is 59.7 Å². The maximum atomic E-state index is 12.8. The Hall–Kier alpha value is -2.48. The summed E-state index contributed by atoms with van der Waals surface area (Å²) in [5, 5.41) is 3.86. The Labute approximate surface area is 152 Å². The zero-order valence-corrected chi connectivity index (χ0v) is 15.6. The molecule has 26 heavy (non-hydrogen) atoms. The van der Waals surface area contributed by atoms with Gasteiger partial charge in [-0.1, -0.05) is 5.16 Å². The van der Waals surface area contributed by atoms with Gasteiger partial charge in [-0.2, -0.15) is 0 Å². The highest BCUT2D eigenvalue weighted by Gasteiger charge is 2.47. The van der Waals surface area contributed by atoms with Gasteiger partial charge in [0.2, 0.25) is 5.95 Å². The van der Waals surface area contributed by atoms with Crippen LogP contribution in [0.1, 0.15) is 39.6 Å². The molecule has 8 heteroatoms. The first-order chi connectivity index (χ1) is 12.4. The van der Waals surface area contributed by atoms with E-state index in [-0.39, 0.29) is 11.3 Å². The fraction of sp³-hybridized carbons (Fsp3) is 0.556. The second kappa shape index (κ2) is 6.05. The Balaban J connectivity index is 1.68. The number of hydrogen-bond donors (Lipinski definition) is 0. The van der Waals surface area contributed by atoms with Crippen molar-refractivity contribution >= 4 is 11.9 Å². The number of ether oxygens (including phenoxy) is 1. The molecule has 0 aromatic carbocycles. The maximum Gasteiger partial charge on any atom is 0.276 e. The Kier molecular flexibility index (Phi) is 3.95. The molecule has 4 rings (SSSR count). The maximum absolute atomic E-state index is 12.8. The smallest absolute Gasteiger partial charge is 0.276 e. The van der Waals surface area contributed by atoms with Gasteiger partial charge < -0.3 is 19.1 Å². The molecule has 8 nitrogen and oxygen atoms in total. The number of rotatable bonds is 2. The molecule has 2 aromatic rings. The summed E-state index contributed by atoms with van der Waals surface area (Å²) < 4.78 is 10.9. The minimum atomic E-state index is -0.291. The lowest BCUT2D eigenvalue weighted by atomic mass is 9.80. The van der Waals surface area contributed by atoms with Crippen molar-refractivity contribution in [1.82, 2.24) is 20.0 Å². The highest BCUT2D eigenvalue weighted by molar-refractivity contribution is 5.92. The molecule has 0 bridgehead atoms. The van der Waals surface area contributed by atoms with E-state index in [9.17, 15) is 4.79 Å². The van der Waals surface area contributed by atoms with Crippen LogP contribution in [0.5, 0.6) is 0 Å². The van der Waals surface area contributed by atoms with Gasteiger partial charge in [0.15, 0.2) is 5.69 Å². The van der Waals surface area contributed by atoms with E-state index in [1.165, 1.54) is 0 Å². The standard InChI is InChI=1S/C18H23N5O3/c1-11-7-14(21-26-11)16(24)23-6-5-18(9-23)10-25-8-13-12(2)19-17(22(3)4)20-15(13)18/h7H,5-6,8-10H2,1-4H3. The molecular weight excluding hydrogens is 334 g/mol. The van der Waals surface area contributed by atoms with Crippen LogP contribution >= 0.6 is 0 Å². The summed E-state index contributed by atoms with van der Waals surface area (Å²) in [6.07, 6.45) is 0.811. The summed E-state index contributed by atoms with van der Waals surface area (Å²) in [6.45, 7) is 6.06. The van der Waals surface area contributed by atoms with Gasteiger partial charge >= 0.3 is 0 Å². The Morgan fingerprint density at radius 1 is 1.31 bits per heavy atom. The van der Waals surface area contributed by atoms with Crippen molar-refractivity contribution < 1.29 is 14.1 Å². The number of amides is 1. The summed E-state index contributed by atoms with van der Waals surface area (Å²) in [6, 6.07) is 1.68. The van der Waals surface area contributed by atoms with Gasteiger partial charge in [0.25, 0.3) is 5.91 Å². The Morgan fingerprint density at radius 3 is 2.81 bits per heavy atom. The van der Waals surface area contributed by atoms with E-state index < -0.39 is 0 Å². The van der Waals surface area contributed by atoms with Crippen LogP contribution in [0.4, 0.5) is 5.95 Å². The van der Waals surface area contributed by atoms with Crippen molar-refractivity contribution in [2.75, 3.05) is 38.7 Å². The molecule has 0 aliphatic carbocycles. The summed E-state index contributed by atoms with van der Waals surface area (Å²) in [5.41, 5.74) is 3.07. The highest BCUT2D eigenvalue weighted by Crippen LogP contribution is 2.40. The summed E-state index contributed by atoms with van der Waals surface area (Å²) in [5.74, 6) is 1.22. The van der Waals surface area contributed by atoms with E-state index >= 15 is 0 Å². The molecule has 2 aliphatic heterocycles. The number of fused-ring (bicyclic) bond motifs is 2. The predicted octanol–water partition coefficient (Wildman–Crippen LogP) is 1.46. The number of hydrogen-bond acceptors (Lipinski definition) is 7. The van der Waals surface area contributed by atoms with E-state index in [1.807, 2.05) is 30.8 Å². The number of aryl methyl sites for hydroxylation is 2. The van der Waals surface area contributed by atoms with E-state index in [2.05, 4.69) is 10.1 Å². The summed E-state index contributed by atoms with van der Waals surface area (Å²) in [4.78, 5) is 25.9. The molecule has 138 valence electrons. The number of likely N-dealkylation sites (tertiary alicyclic amines) is 1. The number of aromatic nitrogens is 3. The first kappa shape index (κ1) is 17.0. The topological polar surface area (TPSA) is 84.6 Å². The molecule has 1 saturated heterocycles. The predicted molar refractivity (Wildman–Crippen MR) is 94.2 cm³/mol. The van der Waals surface area contributed by atoms with E-state index in [4.69, 9.17) is 14.2 Å². The highest BCUT2D eigenvalue weighted by atomic mass is 16.5. The third-order valence-electron chi connectivity index (χ3n) is 5.22. The zero-order valence-electron chi connectivity index (χ0n) is 15.6. The molecule has 2 aromatic heterocycles. The molecule has 2 aliphatic rings. The van der Waals surface area contributed by atoms with Gasteiger partial charge in [-0.3, -0.25) is 4.79 Å². The van der Waals surface area contributed by atoms with Crippen LogP contribution in [0, 0.1) is 13.8 Å². The summed E-state index contributed by atoms with van der Waals surface area (Å²) >= 11 is 0. The van der Waals surface area contributed by atoms with Crippen LogP contribution in [0.2, 0.25) is 0 Å². The number of carbonyl (C=O) groups excluding carboxylic acids is 1. The average molecular weight is 357 g/mol. The third-order valence-corrected chi connectivity index (χ3v) is 5.22. The Bertz CT molecular complexity index is 863. The van der Waals surface area contributed by atoms with Crippen molar-refractivity contribution in [2.45, 2.75) is 32.3 Å². The zero-order chi connectivity index (χ0) is 18.5. The molecule has 4 heterocycles. The normalized spacial score (nSPS) is 21.9. The van der Waals surface area contributed by atoms with Crippen LogP contribution in [0.3, 0.4) is 0 Å². The third kappa shape index (κ3) is 2.65. The monoisotopic (exact) mass is 357 g/mol. The van der Waals surface area contributed by atoms with Crippen molar-refractivity contribution in [2.24, 2.45) is 0 Å². The largest absolute Gasteiger partial charge is 0.376 e. The first-order valence-corrected chi connectivity index (χ1v) is 8.75. The van der Waals surface area contributed by atoms with Gasteiger partial charge in [0.05, 0.1) is 24.3 Å². The lowest BCUT2D eigenvalue weighted by Gasteiger charge is -2.35. The molecule has 0 saturated carbocycles. The molecule has 1 amide bonds. The van der Waals surface area contributed by atoms with Crippen molar-refractivity contribution in [3.8, 4) is 0 Å². The van der Waals surface area contributed by atoms with Crippen molar-refractivity contribution in [1.29, 1.82) is 0 Å². The van der Waals surface area contributed by atoms with Crippen molar-refractivity contribution in [3.63, 3.8) is 0 Å². The lowest BCUT2D eigenvalue weighted by Crippen LogP contribution is -2.42. The molecule has 1 unspecified atom stereocenters. The minimum absolute atomic E-state index is 0.107. The van der Waals surface area contributed by atoms with Crippen LogP contribution in [-0.2, 0) is 16.8 Å². The van der Waals surface area contributed by atoms with E-state index in [1.54, 1.807) is 13.0 Å². The van der Waals surface area contributed by atoms with Crippen LogP contribution in [0.25, 0.3) is 0 Å². The first-order valence-electron chi connectivity index (χ1n) is 8.75.